The van der Waals surface area contributed by atoms with Crippen molar-refractivity contribution in [3.63, 3.8) is 0 Å². The number of nitrogens with one attached hydrogen (secondary N) is 1. The van der Waals surface area contributed by atoms with Gasteiger partial charge in [0.1, 0.15) is 0 Å². The van der Waals surface area contributed by atoms with Crippen LogP contribution in [-0.2, 0) is 6.54 Å². The van der Waals surface area contributed by atoms with Crippen LogP contribution in [0.25, 0.3) is 0 Å². The van der Waals surface area contributed by atoms with Gasteiger partial charge in [-0.25, -0.2) is 0 Å². The summed E-state index contributed by atoms with van der Waals surface area (Å²) in [5.74, 6) is 0. The lowest BCUT2D eigenvalue weighted by molar-refractivity contribution is 0.183. The molecule has 0 aromatic carbocycles. The molecule has 1 N–H and O–H groups in total. The second-order valence-electron chi connectivity index (χ2n) is 7.15. The van der Waals surface area contributed by atoms with Crippen LogP contribution in [0.5, 0.6) is 0 Å². The van der Waals surface area contributed by atoms with Gasteiger partial charge in [-0.15, -0.1) is 0 Å². The number of likely N-dealkylation sites (tertiary alicyclic amines) is 1. The third-order valence-electron chi connectivity index (χ3n) is 4.59. The third kappa shape index (κ3) is 5.90. The zero-order chi connectivity index (χ0) is 16.0. The smallest absolute Gasteiger partial charge is 0.0312 e. The van der Waals surface area contributed by atoms with Crippen LogP contribution in [-0.4, -0.2) is 46.1 Å². The molecule has 2 rings (SSSR count). The first-order valence-electron chi connectivity index (χ1n) is 8.41. The summed E-state index contributed by atoms with van der Waals surface area (Å²) in [6, 6.07) is 5.47. The standard InChI is InChI=1S/C18H31N3S/c1-15(12-18(2,3)22-4)20-17-7-10-21(11-8-17)14-16-6-5-9-19-13-16/h5-6,9,13,15,17,20H,7-8,10-12,14H2,1-4H3/t15-/m0/s1. The first-order chi connectivity index (χ1) is 10.5. The molecule has 1 aromatic heterocycles. The fourth-order valence-electron chi connectivity index (χ4n) is 3.29. The van der Waals surface area contributed by atoms with E-state index in [1.807, 2.05) is 30.2 Å². The van der Waals surface area contributed by atoms with Crippen molar-refractivity contribution < 1.29 is 0 Å². The second kappa shape index (κ2) is 8.32. The maximum absolute atomic E-state index is 4.21. The maximum Gasteiger partial charge on any atom is 0.0312 e. The number of aromatic nitrogens is 1. The highest BCUT2D eigenvalue weighted by molar-refractivity contribution is 7.99. The Bertz CT molecular complexity index is 427. The molecule has 0 aliphatic carbocycles. The molecule has 0 bridgehead atoms. The van der Waals surface area contributed by atoms with Crippen LogP contribution in [0.2, 0.25) is 0 Å². The molecule has 1 atom stereocenters. The summed E-state index contributed by atoms with van der Waals surface area (Å²) in [5, 5.41) is 3.84. The van der Waals surface area contributed by atoms with Gasteiger partial charge >= 0.3 is 0 Å². The fraction of sp³-hybridized carbons (Fsp3) is 0.722. The molecular weight excluding hydrogens is 290 g/mol. The highest BCUT2D eigenvalue weighted by Gasteiger charge is 2.24. The Labute approximate surface area is 140 Å². The molecule has 2 heterocycles. The van der Waals surface area contributed by atoms with E-state index in [-0.39, 0.29) is 0 Å². The molecule has 1 saturated heterocycles. The Morgan fingerprint density at radius 3 is 2.73 bits per heavy atom. The van der Waals surface area contributed by atoms with E-state index in [1.54, 1.807) is 0 Å². The number of pyridine rings is 1. The average molecular weight is 322 g/mol. The van der Waals surface area contributed by atoms with E-state index in [2.05, 4.69) is 48.3 Å². The molecule has 22 heavy (non-hydrogen) atoms. The van der Waals surface area contributed by atoms with Crippen molar-refractivity contribution in [2.45, 2.75) is 63.4 Å². The highest BCUT2D eigenvalue weighted by Crippen LogP contribution is 2.27. The van der Waals surface area contributed by atoms with Gasteiger partial charge in [0.25, 0.3) is 0 Å². The van der Waals surface area contributed by atoms with E-state index < -0.39 is 0 Å². The Morgan fingerprint density at radius 1 is 1.41 bits per heavy atom. The molecule has 0 spiro atoms. The van der Waals surface area contributed by atoms with Gasteiger partial charge in [0.15, 0.2) is 0 Å². The normalized spacial score (nSPS) is 19.3. The minimum Gasteiger partial charge on any atom is -0.311 e. The van der Waals surface area contributed by atoms with Crippen molar-refractivity contribution in [1.29, 1.82) is 0 Å². The lowest BCUT2D eigenvalue weighted by Gasteiger charge is -2.35. The van der Waals surface area contributed by atoms with Crippen molar-refractivity contribution in [2.75, 3.05) is 19.3 Å². The van der Waals surface area contributed by atoms with Gasteiger partial charge in [-0.1, -0.05) is 19.9 Å². The van der Waals surface area contributed by atoms with Crippen LogP contribution in [0, 0.1) is 0 Å². The Morgan fingerprint density at radius 2 is 2.14 bits per heavy atom. The van der Waals surface area contributed by atoms with Gasteiger partial charge in [-0.2, -0.15) is 11.8 Å². The van der Waals surface area contributed by atoms with Crippen molar-refractivity contribution >= 4 is 11.8 Å². The van der Waals surface area contributed by atoms with Crippen LogP contribution in [0.15, 0.2) is 24.5 Å². The fourth-order valence-corrected chi connectivity index (χ4v) is 3.71. The molecule has 124 valence electrons. The lowest BCUT2D eigenvalue weighted by atomic mass is 9.99. The number of hydrogen-bond donors (Lipinski definition) is 1. The molecular formula is C18H31N3S. The summed E-state index contributed by atoms with van der Waals surface area (Å²) in [6.07, 6.45) is 9.77. The summed E-state index contributed by atoms with van der Waals surface area (Å²) in [7, 11) is 0. The van der Waals surface area contributed by atoms with E-state index in [9.17, 15) is 0 Å². The third-order valence-corrected chi connectivity index (χ3v) is 5.86. The largest absolute Gasteiger partial charge is 0.311 e. The molecule has 0 radical (unpaired) electrons. The Balaban J connectivity index is 1.71. The van der Waals surface area contributed by atoms with E-state index in [1.165, 1.54) is 37.9 Å². The van der Waals surface area contributed by atoms with E-state index in [0.717, 1.165) is 6.54 Å². The van der Waals surface area contributed by atoms with Crippen LogP contribution < -0.4 is 5.32 Å². The molecule has 3 nitrogen and oxygen atoms in total. The van der Waals surface area contributed by atoms with Crippen molar-refractivity contribution in [1.82, 2.24) is 15.2 Å². The minimum atomic E-state index is 0.368. The summed E-state index contributed by atoms with van der Waals surface area (Å²) in [5.41, 5.74) is 1.32. The van der Waals surface area contributed by atoms with Gasteiger partial charge in [0.2, 0.25) is 0 Å². The number of piperidine rings is 1. The average Bonchev–Trinajstić information content (AvgIpc) is 2.50. The van der Waals surface area contributed by atoms with Crippen molar-refractivity contribution in [2.24, 2.45) is 0 Å². The van der Waals surface area contributed by atoms with Gasteiger partial charge in [0, 0.05) is 35.8 Å². The Hall–Kier alpha value is -0.580. The quantitative estimate of drug-likeness (QED) is 0.831. The monoisotopic (exact) mass is 321 g/mol. The number of rotatable bonds is 7. The van der Waals surface area contributed by atoms with Crippen molar-refractivity contribution in [3.05, 3.63) is 30.1 Å². The second-order valence-corrected chi connectivity index (χ2v) is 8.66. The Kier molecular flexibility index (Phi) is 6.72. The summed E-state index contributed by atoms with van der Waals surface area (Å²) >= 11 is 1.96. The van der Waals surface area contributed by atoms with Crippen LogP contribution in [0.1, 0.15) is 45.6 Å². The first-order valence-corrected chi connectivity index (χ1v) is 9.63. The molecule has 0 amide bonds. The highest BCUT2D eigenvalue weighted by atomic mass is 32.2. The number of thioether (sulfide) groups is 1. The lowest BCUT2D eigenvalue weighted by Crippen LogP contribution is -2.46. The predicted molar refractivity (Wildman–Crippen MR) is 97.3 cm³/mol. The number of hydrogen-bond acceptors (Lipinski definition) is 4. The molecule has 4 heteroatoms. The van der Waals surface area contributed by atoms with E-state index in [0.29, 0.717) is 16.8 Å². The van der Waals surface area contributed by atoms with Gasteiger partial charge in [-0.05, 0) is 57.2 Å². The molecule has 1 aliphatic rings. The topological polar surface area (TPSA) is 28.2 Å². The maximum atomic E-state index is 4.21. The predicted octanol–water partition coefficient (Wildman–Crippen LogP) is 3.56. The van der Waals surface area contributed by atoms with Crippen molar-refractivity contribution in [3.8, 4) is 0 Å². The van der Waals surface area contributed by atoms with Gasteiger partial charge in [0.05, 0.1) is 0 Å². The molecule has 1 aromatic rings. The van der Waals surface area contributed by atoms with Gasteiger partial charge in [-0.3, -0.25) is 9.88 Å². The van der Waals surface area contributed by atoms with Gasteiger partial charge < -0.3 is 5.32 Å². The zero-order valence-electron chi connectivity index (χ0n) is 14.5. The summed E-state index contributed by atoms with van der Waals surface area (Å²) in [4.78, 5) is 6.75. The van der Waals surface area contributed by atoms with Crippen LogP contribution in [0.4, 0.5) is 0 Å². The van der Waals surface area contributed by atoms with E-state index in [4.69, 9.17) is 0 Å². The summed E-state index contributed by atoms with van der Waals surface area (Å²) in [6.45, 7) is 10.4. The zero-order valence-corrected chi connectivity index (χ0v) is 15.3. The van der Waals surface area contributed by atoms with Crippen LogP contribution in [0.3, 0.4) is 0 Å². The molecule has 0 unspecified atom stereocenters. The van der Waals surface area contributed by atoms with E-state index >= 15 is 0 Å². The summed E-state index contributed by atoms with van der Waals surface area (Å²) < 4.78 is 0.368. The molecule has 1 aliphatic heterocycles. The SMILES string of the molecule is CSC(C)(C)C[C@H](C)NC1CCN(Cc2cccnc2)CC1. The first kappa shape index (κ1) is 17.8. The van der Waals surface area contributed by atoms with Crippen LogP contribution >= 0.6 is 11.8 Å². The minimum absolute atomic E-state index is 0.368. The number of nitrogens with zero attached hydrogens (tertiary/aromatic N) is 2. The molecule has 1 fully saturated rings. The molecule has 0 saturated carbocycles.